The van der Waals surface area contributed by atoms with Gasteiger partial charge in [0.2, 0.25) is 0 Å². The van der Waals surface area contributed by atoms with Crippen LogP contribution < -0.4 is 0 Å². The molecule has 0 heterocycles. The molecule has 0 aromatic rings. The standard InChI is InChI=1S/C9H20O3/c1-2-8(9(11)12)6-4-3-5-7-10/h8-12H,2-7H2,1H3. The van der Waals surface area contributed by atoms with Gasteiger partial charge in [-0.15, -0.1) is 0 Å². The molecule has 0 aliphatic heterocycles. The number of rotatable bonds is 7. The van der Waals surface area contributed by atoms with Gasteiger partial charge in [0.1, 0.15) is 0 Å². The Kier molecular flexibility index (Phi) is 7.45. The largest absolute Gasteiger partial charge is 0.396 e. The van der Waals surface area contributed by atoms with Crippen molar-refractivity contribution in [1.82, 2.24) is 0 Å². The van der Waals surface area contributed by atoms with Gasteiger partial charge in [-0.1, -0.05) is 19.8 Å². The van der Waals surface area contributed by atoms with E-state index in [4.69, 9.17) is 15.3 Å². The summed E-state index contributed by atoms with van der Waals surface area (Å²) in [6, 6.07) is 0. The second kappa shape index (κ2) is 7.53. The molecule has 0 spiro atoms. The first-order valence-electron chi connectivity index (χ1n) is 4.69. The molecule has 1 unspecified atom stereocenters. The van der Waals surface area contributed by atoms with Crippen molar-refractivity contribution in [3.63, 3.8) is 0 Å². The quantitative estimate of drug-likeness (QED) is 0.398. The van der Waals surface area contributed by atoms with Gasteiger partial charge in [-0.2, -0.15) is 0 Å². The highest BCUT2D eigenvalue weighted by atomic mass is 16.5. The van der Waals surface area contributed by atoms with E-state index in [9.17, 15) is 0 Å². The van der Waals surface area contributed by atoms with E-state index in [-0.39, 0.29) is 12.5 Å². The molecule has 0 aromatic heterocycles. The molecule has 0 aliphatic carbocycles. The average Bonchev–Trinajstić information content (AvgIpc) is 2.04. The molecule has 12 heavy (non-hydrogen) atoms. The predicted octanol–water partition coefficient (Wildman–Crippen LogP) is 0.876. The zero-order valence-corrected chi connectivity index (χ0v) is 7.74. The van der Waals surface area contributed by atoms with Crippen LogP contribution in [0.3, 0.4) is 0 Å². The number of aliphatic hydroxyl groups is 3. The summed E-state index contributed by atoms with van der Waals surface area (Å²) < 4.78 is 0. The van der Waals surface area contributed by atoms with Gasteiger partial charge in [0, 0.05) is 12.5 Å². The molecule has 1 atom stereocenters. The Hall–Kier alpha value is -0.120. The molecule has 74 valence electrons. The van der Waals surface area contributed by atoms with Crippen LogP contribution in [0.25, 0.3) is 0 Å². The van der Waals surface area contributed by atoms with Gasteiger partial charge in [-0.05, 0) is 19.3 Å². The van der Waals surface area contributed by atoms with Crippen LogP contribution in [0.5, 0.6) is 0 Å². The fourth-order valence-corrected chi connectivity index (χ4v) is 1.26. The number of aliphatic hydroxyl groups excluding tert-OH is 2. The molecular weight excluding hydrogens is 156 g/mol. The van der Waals surface area contributed by atoms with Crippen molar-refractivity contribution in [3.8, 4) is 0 Å². The first-order chi connectivity index (χ1) is 5.72. The van der Waals surface area contributed by atoms with Crippen molar-refractivity contribution in [1.29, 1.82) is 0 Å². The Morgan fingerprint density at radius 2 is 1.75 bits per heavy atom. The monoisotopic (exact) mass is 176 g/mol. The highest BCUT2D eigenvalue weighted by molar-refractivity contribution is 4.58. The Morgan fingerprint density at radius 3 is 2.17 bits per heavy atom. The SMILES string of the molecule is CCC(CCCCCO)C(O)O. The van der Waals surface area contributed by atoms with Gasteiger partial charge in [-0.25, -0.2) is 0 Å². The second-order valence-corrected chi connectivity index (χ2v) is 3.15. The van der Waals surface area contributed by atoms with Crippen LogP contribution in [0.15, 0.2) is 0 Å². The fraction of sp³-hybridized carbons (Fsp3) is 1.00. The molecule has 0 rings (SSSR count). The summed E-state index contributed by atoms with van der Waals surface area (Å²) in [5.74, 6) is 0.00342. The summed E-state index contributed by atoms with van der Waals surface area (Å²) in [4.78, 5) is 0. The third-order valence-electron chi connectivity index (χ3n) is 2.18. The fourth-order valence-electron chi connectivity index (χ4n) is 1.26. The molecule has 0 fully saturated rings. The maximum atomic E-state index is 8.87. The van der Waals surface area contributed by atoms with Crippen molar-refractivity contribution in [2.24, 2.45) is 5.92 Å². The Labute approximate surface area is 74.0 Å². The zero-order valence-electron chi connectivity index (χ0n) is 7.74. The van der Waals surface area contributed by atoms with E-state index >= 15 is 0 Å². The Bertz CT molecular complexity index is 93.8. The van der Waals surface area contributed by atoms with Gasteiger partial charge in [-0.3, -0.25) is 0 Å². The molecule has 3 heteroatoms. The van der Waals surface area contributed by atoms with Gasteiger partial charge < -0.3 is 15.3 Å². The first kappa shape index (κ1) is 11.9. The summed E-state index contributed by atoms with van der Waals surface area (Å²) in [6.07, 6.45) is 3.23. The second-order valence-electron chi connectivity index (χ2n) is 3.15. The molecule has 3 N–H and O–H groups in total. The van der Waals surface area contributed by atoms with E-state index in [0.717, 1.165) is 32.1 Å². The zero-order chi connectivity index (χ0) is 9.40. The van der Waals surface area contributed by atoms with Crippen LogP contribution in [0.4, 0.5) is 0 Å². The summed E-state index contributed by atoms with van der Waals surface area (Å²) in [5, 5.41) is 26.2. The van der Waals surface area contributed by atoms with Crippen molar-refractivity contribution >= 4 is 0 Å². The Morgan fingerprint density at radius 1 is 1.08 bits per heavy atom. The maximum Gasteiger partial charge on any atom is 0.154 e. The van der Waals surface area contributed by atoms with Crippen LogP contribution in [-0.4, -0.2) is 28.2 Å². The lowest BCUT2D eigenvalue weighted by molar-refractivity contribution is -0.0872. The Balaban J connectivity index is 3.32. The van der Waals surface area contributed by atoms with Gasteiger partial charge >= 0.3 is 0 Å². The normalized spacial score (nSPS) is 13.8. The molecule has 0 amide bonds. The summed E-state index contributed by atoms with van der Waals surface area (Å²) in [6.45, 7) is 2.19. The van der Waals surface area contributed by atoms with E-state index in [0.29, 0.717) is 0 Å². The molecule has 3 nitrogen and oxygen atoms in total. The molecule has 0 radical (unpaired) electrons. The van der Waals surface area contributed by atoms with Crippen molar-refractivity contribution in [2.45, 2.75) is 45.3 Å². The van der Waals surface area contributed by atoms with Crippen LogP contribution in [0, 0.1) is 5.92 Å². The van der Waals surface area contributed by atoms with E-state index in [1.807, 2.05) is 6.92 Å². The summed E-state index contributed by atoms with van der Waals surface area (Å²) in [7, 11) is 0. The van der Waals surface area contributed by atoms with Crippen LogP contribution in [-0.2, 0) is 0 Å². The molecule has 0 bridgehead atoms. The lowest BCUT2D eigenvalue weighted by atomic mass is 9.98. The third-order valence-corrected chi connectivity index (χ3v) is 2.18. The number of hydrogen-bond donors (Lipinski definition) is 3. The van der Waals surface area contributed by atoms with Crippen LogP contribution in [0.2, 0.25) is 0 Å². The minimum Gasteiger partial charge on any atom is -0.396 e. The van der Waals surface area contributed by atoms with Crippen LogP contribution >= 0.6 is 0 Å². The van der Waals surface area contributed by atoms with Gasteiger partial charge in [0.05, 0.1) is 0 Å². The lowest BCUT2D eigenvalue weighted by Crippen LogP contribution is -2.18. The summed E-state index contributed by atoms with van der Waals surface area (Å²) >= 11 is 0. The molecule has 0 saturated carbocycles. The summed E-state index contributed by atoms with van der Waals surface area (Å²) in [5.41, 5.74) is 0. The minimum absolute atomic E-state index is 0.00342. The van der Waals surface area contributed by atoms with E-state index in [2.05, 4.69) is 0 Å². The average molecular weight is 176 g/mol. The van der Waals surface area contributed by atoms with Crippen molar-refractivity contribution in [2.75, 3.05) is 6.61 Å². The van der Waals surface area contributed by atoms with Crippen LogP contribution in [0.1, 0.15) is 39.0 Å². The molecule has 0 saturated heterocycles. The van der Waals surface area contributed by atoms with E-state index < -0.39 is 6.29 Å². The minimum atomic E-state index is -1.18. The van der Waals surface area contributed by atoms with Crippen molar-refractivity contribution < 1.29 is 15.3 Å². The highest BCUT2D eigenvalue weighted by Crippen LogP contribution is 2.15. The smallest absolute Gasteiger partial charge is 0.154 e. The van der Waals surface area contributed by atoms with Gasteiger partial charge in [0.15, 0.2) is 6.29 Å². The lowest BCUT2D eigenvalue weighted by Gasteiger charge is -2.16. The van der Waals surface area contributed by atoms with E-state index in [1.54, 1.807) is 0 Å². The van der Waals surface area contributed by atoms with Crippen molar-refractivity contribution in [3.05, 3.63) is 0 Å². The number of unbranched alkanes of at least 4 members (excludes halogenated alkanes) is 2. The highest BCUT2D eigenvalue weighted by Gasteiger charge is 2.12. The maximum absolute atomic E-state index is 8.87. The van der Waals surface area contributed by atoms with E-state index in [1.165, 1.54) is 0 Å². The molecule has 0 aromatic carbocycles. The van der Waals surface area contributed by atoms with Gasteiger partial charge in [0.25, 0.3) is 0 Å². The molecule has 0 aliphatic rings. The first-order valence-corrected chi connectivity index (χ1v) is 4.69. The third kappa shape index (κ3) is 5.52. The topological polar surface area (TPSA) is 60.7 Å². The predicted molar refractivity (Wildman–Crippen MR) is 47.6 cm³/mol. The number of hydrogen-bond acceptors (Lipinski definition) is 3. The molecular formula is C9H20O3.